The first-order chi connectivity index (χ1) is 5.91. The fourth-order valence-electron chi connectivity index (χ4n) is 0.313. The van der Waals surface area contributed by atoms with E-state index >= 15 is 0 Å². The third-order valence-corrected chi connectivity index (χ3v) is 3.06. The summed E-state index contributed by atoms with van der Waals surface area (Å²) in [6.45, 7) is -0.856. The lowest BCUT2D eigenvalue weighted by molar-refractivity contribution is 0.181. The normalized spacial score (nSPS) is 17.9. The van der Waals surface area contributed by atoms with Gasteiger partial charge in [0.05, 0.1) is 0 Å². The van der Waals surface area contributed by atoms with Gasteiger partial charge in [0.25, 0.3) is 0 Å². The number of hydrogen-bond donors (Lipinski definition) is 3. The number of hydrogen-bond acceptors (Lipinski definition) is 4. The molecule has 0 radical (unpaired) electrons. The van der Waals surface area contributed by atoms with Crippen LogP contribution in [0.4, 0.5) is 0 Å². The van der Waals surface area contributed by atoms with E-state index in [1.807, 2.05) is 0 Å². The van der Waals surface area contributed by atoms with Crippen molar-refractivity contribution in [2.24, 2.45) is 0 Å². The molecule has 7 nitrogen and oxygen atoms in total. The number of phosphoric acid groups is 2. The molecule has 12 heteroatoms. The van der Waals surface area contributed by atoms with Crippen LogP contribution in [0.5, 0.6) is 0 Å². The van der Waals surface area contributed by atoms with Crippen molar-refractivity contribution < 1.29 is 32.6 Å². The molecule has 86 valence electrons. The summed E-state index contributed by atoms with van der Waals surface area (Å²) in [6, 6.07) is 0. The van der Waals surface area contributed by atoms with Crippen LogP contribution >= 0.6 is 50.4 Å². The molecule has 0 aromatic heterocycles. The number of phosphoric ester groups is 1. The highest BCUT2D eigenvalue weighted by Crippen LogP contribution is 2.58. The van der Waals surface area contributed by atoms with Crippen LogP contribution in [0.3, 0.4) is 0 Å². The molecule has 1 atom stereocenters. The molecule has 1 unspecified atom stereocenters. The molecule has 0 saturated carbocycles. The van der Waals surface area contributed by atoms with Gasteiger partial charge < -0.3 is 14.7 Å². The van der Waals surface area contributed by atoms with Crippen LogP contribution in [0.25, 0.3) is 0 Å². The Balaban J connectivity index is 4.24. The molecule has 0 spiro atoms. The minimum absolute atomic E-state index is 0.856. The summed E-state index contributed by atoms with van der Waals surface area (Å²) in [5.41, 5.74) is 0. The molecule has 3 N–H and O–H groups in total. The van der Waals surface area contributed by atoms with E-state index < -0.39 is 26.0 Å². The summed E-state index contributed by atoms with van der Waals surface area (Å²) in [5, 5.41) is 0. The van der Waals surface area contributed by atoms with Crippen LogP contribution in [0.2, 0.25) is 0 Å². The van der Waals surface area contributed by atoms with Crippen molar-refractivity contribution in [2.75, 3.05) is 6.61 Å². The summed E-state index contributed by atoms with van der Waals surface area (Å²) in [5.74, 6) is 0. The molecule has 0 heterocycles. The van der Waals surface area contributed by atoms with Gasteiger partial charge in [-0.05, 0) is 0 Å². The average Bonchev–Trinajstić information content (AvgIpc) is 1.76. The highest BCUT2D eigenvalue weighted by Gasteiger charge is 2.35. The smallest absolute Gasteiger partial charge is 0.302 e. The Labute approximate surface area is 93.7 Å². The Bertz CT molecular complexity index is 279. The van der Waals surface area contributed by atoms with Gasteiger partial charge in [-0.3, -0.25) is 4.52 Å². The van der Waals surface area contributed by atoms with Gasteiger partial charge in [-0.1, -0.05) is 34.8 Å². The monoisotopic (exact) mass is 308 g/mol. The van der Waals surface area contributed by atoms with Crippen molar-refractivity contribution in [3.8, 4) is 0 Å². The largest absolute Gasteiger partial charge is 0.481 e. The van der Waals surface area contributed by atoms with Crippen LogP contribution < -0.4 is 0 Å². The van der Waals surface area contributed by atoms with Gasteiger partial charge in [-0.2, -0.15) is 4.31 Å². The van der Waals surface area contributed by atoms with E-state index in [-0.39, 0.29) is 0 Å². The molecular formula is C2H5Cl3O7P2. The second-order valence-electron chi connectivity index (χ2n) is 1.93. The SMILES string of the molecule is O=P(O)(O)OP(=O)(O)OCC(Cl)(Cl)Cl. The van der Waals surface area contributed by atoms with E-state index in [0.29, 0.717) is 0 Å². The van der Waals surface area contributed by atoms with E-state index in [0.717, 1.165) is 0 Å². The van der Waals surface area contributed by atoms with Crippen LogP contribution in [0.15, 0.2) is 0 Å². The van der Waals surface area contributed by atoms with E-state index in [2.05, 4.69) is 8.83 Å². The van der Waals surface area contributed by atoms with Crippen molar-refractivity contribution in [2.45, 2.75) is 3.79 Å². The Morgan fingerprint density at radius 1 is 1.14 bits per heavy atom. The third-order valence-electron chi connectivity index (χ3n) is 0.601. The number of alkyl halides is 3. The molecule has 0 aliphatic heterocycles. The first kappa shape index (κ1) is 15.1. The number of halogens is 3. The maximum Gasteiger partial charge on any atom is 0.481 e. The molecule has 0 aromatic rings. The summed E-state index contributed by atoms with van der Waals surface area (Å²) in [6.07, 6.45) is 0. The fraction of sp³-hybridized carbons (Fsp3) is 1.00. The quantitative estimate of drug-likeness (QED) is 0.533. The third kappa shape index (κ3) is 9.68. The second-order valence-corrected chi connectivity index (χ2v) is 7.28. The minimum Gasteiger partial charge on any atom is -0.302 e. The summed E-state index contributed by atoms with van der Waals surface area (Å²) < 4.78 is 26.2. The van der Waals surface area contributed by atoms with Crippen LogP contribution in [-0.4, -0.2) is 25.1 Å². The Hall–Kier alpha value is 1.13. The Morgan fingerprint density at radius 2 is 1.57 bits per heavy atom. The van der Waals surface area contributed by atoms with Crippen molar-refractivity contribution in [3.05, 3.63) is 0 Å². The lowest BCUT2D eigenvalue weighted by atomic mass is 10.9. The molecule has 14 heavy (non-hydrogen) atoms. The highest BCUT2D eigenvalue weighted by molar-refractivity contribution is 7.60. The topological polar surface area (TPSA) is 113 Å². The molecule has 0 aromatic carbocycles. The van der Waals surface area contributed by atoms with E-state index in [1.165, 1.54) is 0 Å². The molecule has 0 aliphatic carbocycles. The van der Waals surface area contributed by atoms with E-state index in [4.69, 9.17) is 49.5 Å². The van der Waals surface area contributed by atoms with Crippen molar-refractivity contribution in [1.29, 1.82) is 0 Å². The molecule has 0 amide bonds. The zero-order valence-corrected chi connectivity index (χ0v) is 10.3. The molecular weight excluding hydrogens is 304 g/mol. The predicted molar refractivity (Wildman–Crippen MR) is 49.2 cm³/mol. The lowest BCUT2D eigenvalue weighted by Gasteiger charge is -2.15. The molecule has 0 rings (SSSR count). The van der Waals surface area contributed by atoms with E-state index in [1.54, 1.807) is 0 Å². The van der Waals surface area contributed by atoms with Gasteiger partial charge in [-0.15, -0.1) is 0 Å². The van der Waals surface area contributed by atoms with Crippen molar-refractivity contribution in [1.82, 2.24) is 0 Å². The lowest BCUT2D eigenvalue weighted by Crippen LogP contribution is -2.12. The average molecular weight is 309 g/mol. The van der Waals surface area contributed by atoms with Crippen LogP contribution in [-0.2, 0) is 18.0 Å². The minimum atomic E-state index is -5.14. The summed E-state index contributed by atoms with van der Waals surface area (Å²) in [7, 11) is -10.1. The zero-order chi connectivity index (χ0) is 11.6. The van der Waals surface area contributed by atoms with Crippen LogP contribution in [0.1, 0.15) is 0 Å². The molecule has 0 bridgehead atoms. The maximum absolute atomic E-state index is 10.7. The highest BCUT2D eigenvalue weighted by atomic mass is 35.6. The molecule has 0 saturated heterocycles. The van der Waals surface area contributed by atoms with Gasteiger partial charge in [0.2, 0.25) is 3.79 Å². The second kappa shape index (κ2) is 4.97. The van der Waals surface area contributed by atoms with Gasteiger partial charge in [-0.25, -0.2) is 9.13 Å². The summed E-state index contributed by atoms with van der Waals surface area (Å²) in [4.78, 5) is 25.0. The standard InChI is InChI=1S/C2H5Cl3O7P2/c3-2(4,5)1-11-14(9,10)12-13(6,7)8/h1H2,(H,9,10)(H2,6,7,8). The molecule has 0 fully saturated rings. The van der Waals surface area contributed by atoms with Gasteiger partial charge in [0.15, 0.2) is 0 Å². The first-order valence-corrected chi connectivity index (χ1v) is 6.88. The van der Waals surface area contributed by atoms with Crippen molar-refractivity contribution in [3.63, 3.8) is 0 Å². The van der Waals surface area contributed by atoms with Crippen LogP contribution in [0, 0.1) is 0 Å². The zero-order valence-electron chi connectivity index (χ0n) is 6.21. The predicted octanol–water partition coefficient (Wildman–Crippen LogP) is 1.58. The van der Waals surface area contributed by atoms with Gasteiger partial charge in [0, 0.05) is 0 Å². The summed E-state index contributed by atoms with van der Waals surface area (Å²) >= 11 is 15.4. The Kier molecular flexibility index (Phi) is 5.38. The Morgan fingerprint density at radius 3 is 1.86 bits per heavy atom. The maximum atomic E-state index is 10.7. The van der Waals surface area contributed by atoms with E-state index in [9.17, 15) is 9.13 Å². The molecule has 0 aliphatic rings. The van der Waals surface area contributed by atoms with Gasteiger partial charge in [0.1, 0.15) is 6.61 Å². The fourth-order valence-corrected chi connectivity index (χ4v) is 2.33. The van der Waals surface area contributed by atoms with Crippen molar-refractivity contribution >= 4 is 50.4 Å². The van der Waals surface area contributed by atoms with Gasteiger partial charge >= 0.3 is 15.6 Å². The number of rotatable bonds is 4. The first-order valence-electron chi connectivity index (χ1n) is 2.72.